The maximum absolute atomic E-state index is 12.1. The zero-order valence-corrected chi connectivity index (χ0v) is 12.9. The standard InChI is InChI=1S/C14H18N2O2S2/c1-2-15-12-5-7-14(8-6-12)20(17,18)16-10-9-13-4-3-11-19-13/h3-8,11,15-16H,2,9-10H2,1H3. The predicted molar refractivity (Wildman–Crippen MR) is 83.8 cm³/mol. The summed E-state index contributed by atoms with van der Waals surface area (Å²) in [4.78, 5) is 1.47. The quantitative estimate of drug-likeness (QED) is 0.826. The lowest BCUT2D eigenvalue weighted by Crippen LogP contribution is -2.25. The van der Waals surface area contributed by atoms with Gasteiger partial charge in [-0.05, 0) is 49.1 Å². The molecule has 1 aromatic carbocycles. The molecular weight excluding hydrogens is 292 g/mol. The molecule has 2 aromatic rings. The van der Waals surface area contributed by atoms with Crippen LogP contribution in [0.4, 0.5) is 5.69 Å². The Morgan fingerprint density at radius 1 is 1.15 bits per heavy atom. The van der Waals surface area contributed by atoms with Gasteiger partial charge in [-0.2, -0.15) is 0 Å². The summed E-state index contributed by atoms with van der Waals surface area (Å²) < 4.78 is 26.8. The Kier molecular flexibility index (Phi) is 5.17. The van der Waals surface area contributed by atoms with Crippen LogP contribution in [0.1, 0.15) is 11.8 Å². The molecule has 2 N–H and O–H groups in total. The molecule has 0 saturated carbocycles. The lowest BCUT2D eigenvalue weighted by atomic mass is 10.3. The molecular formula is C14H18N2O2S2. The second kappa shape index (κ2) is 6.88. The molecule has 0 atom stereocenters. The van der Waals surface area contributed by atoms with Crippen LogP contribution in [-0.2, 0) is 16.4 Å². The van der Waals surface area contributed by atoms with Gasteiger partial charge in [0.25, 0.3) is 0 Å². The summed E-state index contributed by atoms with van der Waals surface area (Å²) in [6, 6.07) is 10.8. The van der Waals surface area contributed by atoms with Crippen molar-refractivity contribution in [3.05, 3.63) is 46.7 Å². The fourth-order valence-electron chi connectivity index (χ4n) is 1.80. The van der Waals surface area contributed by atoms with Gasteiger partial charge in [-0.1, -0.05) is 6.07 Å². The molecule has 108 valence electrons. The Morgan fingerprint density at radius 3 is 2.50 bits per heavy atom. The van der Waals surface area contributed by atoms with Crippen molar-refractivity contribution < 1.29 is 8.42 Å². The Labute approximate surface area is 123 Å². The maximum atomic E-state index is 12.1. The first-order valence-electron chi connectivity index (χ1n) is 6.48. The molecule has 2 rings (SSSR count). The van der Waals surface area contributed by atoms with E-state index in [1.807, 2.05) is 24.4 Å². The van der Waals surface area contributed by atoms with E-state index in [-0.39, 0.29) is 0 Å². The number of thiophene rings is 1. The van der Waals surface area contributed by atoms with Gasteiger partial charge in [0.05, 0.1) is 4.90 Å². The van der Waals surface area contributed by atoms with Crippen LogP contribution < -0.4 is 10.0 Å². The summed E-state index contributed by atoms with van der Waals surface area (Å²) in [5.41, 5.74) is 0.921. The van der Waals surface area contributed by atoms with Gasteiger partial charge in [-0.3, -0.25) is 0 Å². The summed E-state index contributed by atoms with van der Waals surface area (Å²) in [6.07, 6.45) is 0.715. The zero-order chi connectivity index (χ0) is 14.4. The second-order valence-electron chi connectivity index (χ2n) is 4.28. The molecule has 0 aliphatic rings. The van der Waals surface area contributed by atoms with Crippen LogP contribution in [0.2, 0.25) is 0 Å². The van der Waals surface area contributed by atoms with E-state index in [0.717, 1.165) is 12.2 Å². The largest absolute Gasteiger partial charge is 0.385 e. The molecule has 0 amide bonds. The van der Waals surface area contributed by atoms with Gasteiger partial charge in [0.15, 0.2) is 0 Å². The normalized spacial score (nSPS) is 11.4. The Balaban J connectivity index is 1.95. The van der Waals surface area contributed by atoms with Crippen LogP contribution in [0.3, 0.4) is 0 Å². The Bertz CT molecular complexity index is 620. The Morgan fingerprint density at radius 2 is 1.90 bits per heavy atom. The van der Waals surface area contributed by atoms with E-state index >= 15 is 0 Å². The van der Waals surface area contributed by atoms with E-state index in [2.05, 4.69) is 10.0 Å². The van der Waals surface area contributed by atoms with E-state index in [1.54, 1.807) is 35.6 Å². The third kappa shape index (κ3) is 4.06. The minimum Gasteiger partial charge on any atom is -0.385 e. The number of hydrogen-bond acceptors (Lipinski definition) is 4. The van der Waals surface area contributed by atoms with Gasteiger partial charge in [0, 0.05) is 23.7 Å². The summed E-state index contributed by atoms with van der Waals surface area (Å²) >= 11 is 1.63. The third-order valence-corrected chi connectivity index (χ3v) is 5.20. The third-order valence-electron chi connectivity index (χ3n) is 2.79. The zero-order valence-electron chi connectivity index (χ0n) is 11.3. The highest BCUT2D eigenvalue weighted by atomic mass is 32.2. The number of sulfonamides is 1. The first-order chi connectivity index (χ1) is 9.62. The van der Waals surface area contributed by atoms with Crippen molar-refractivity contribution in [2.24, 2.45) is 0 Å². The average molecular weight is 310 g/mol. The van der Waals surface area contributed by atoms with E-state index < -0.39 is 10.0 Å². The maximum Gasteiger partial charge on any atom is 0.240 e. The highest BCUT2D eigenvalue weighted by molar-refractivity contribution is 7.89. The predicted octanol–water partition coefficient (Wildman–Crippen LogP) is 2.70. The molecule has 0 radical (unpaired) electrons. The van der Waals surface area contributed by atoms with Gasteiger partial charge in [-0.15, -0.1) is 11.3 Å². The fraction of sp³-hybridized carbons (Fsp3) is 0.286. The molecule has 6 heteroatoms. The summed E-state index contributed by atoms with van der Waals surface area (Å²) in [6.45, 7) is 3.22. The number of hydrogen-bond donors (Lipinski definition) is 2. The monoisotopic (exact) mass is 310 g/mol. The molecule has 20 heavy (non-hydrogen) atoms. The number of rotatable bonds is 7. The molecule has 0 fully saturated rings. The van der Waals surface area contributed by atoms with Crippen molar-refractivity contribution in [1.82, 2.24) is 4.72 Å². The van der Waals surface area contributed by atoms with Crippen molar-refractivity contribution >= 4 is 27.0 Å². The van der Waals surface area contributed by atoms with Crippen molar-refractivity contribution in [2.45, 2.75) is 18.2 Å². The Hall–Kier alpha value is -1.37. The van der Waals surface area contributed by atoms with Crippen LogP contribution in [0.25, 0.3) is 0 Å². The lowest BCUT2D eigenvalue weighted by Gasteiger charge is -2.08. The first-order valence-corrected chi connectivity index (χ1v) is 8.84. The van der Waals surface area contributed by atoms with Gasteiger partial charge < -0.3 is 5.32 Å². The fourth-order valence-corrected chi connectivity index (χ4v) is 3.54. The molecule has 0 aliphatic heterocycles. The molecule has 0 unspecified atom stereocenters. The summed E-state index contributed by atoms with van der Waals surface area (Å²) in [5.74, 6) is 0. The van der Waals surface area contributed by atoms with Crippen molar-refractivity contribution in [3.63, 3.8) is 0 Å². The lowest BCUT2D eigenvalue weighted by molar-refractivity contribution is 0.582. The van der Waals surface area contributed by atoms with Crippen molar-refractivity contribution in [3.8, 4) is 0 Å². The van der Waals surface area contributed by atoms with E-state index in [9.17, 15) is 8.42 Å². The summed E-state index contributed by atoms with van der Waals surface area (Å²) in [5, 5.41) is 5.12. The smallest absolute Gasteiger partial charge is 0.240 e. The molecule has 1 heterocycles. The van der Waals surface area contributed by atoms with Crippen LogP contribution in [0, 0.1) is 0 Å². The minimum atomic E-state index is -3.42. The van der Waals surface area contributed by atoms with Gasteiger partial charge in [0.2, 0.25) is 10.0 Å². The highest BCUT2D eigenvalue weighted by Crippen LogP contribution is 2.14. The van der Waals surface area contributed by atoms with Crippen LogP contribution in [0.5, 0.6) is 0 Å². The first kappa shape index (κ1) is 15.0. The number of benzene rings is 1. The molecule has 1 aromatic heterocycles. The van der Waals surface area contributed by atoms with E-state index in [1.165, 1.54) is 4.88 Å². The van der Waals surface area contributed by atoms with Crippen LogP contribution in [0.15, 0.2) is 46.7 Å². The van der Waals surface area contributed by atoms with Gasteiger partial charge >= 0.3 is 0 Å². The van der Waals surface area contributed by atoms with Crippen molar-refractivity contribution in [1.29, 1.82) is 0 Å². The van der Waals surface area contributed by atoms with Crippen LogP contribution >= 0.6 is 11.3 Å². The average Bonchev–Trinajstić information content (AvgIpc) is 2.93. The van der Waals surface area contributed by atoms with E-state index in [0.29, 0.717) is 17.9 Å². The molecule has 4 nitrogen and oxygen atoms in total. The van der Waals surface area contributed by atoms with Gasteiger partial charge in [0.1, 0.15) is 0 Å². The topological polar surface area (TPSA) is 58.2 Å². The second-order valence-corrected chi connectivity index (χ2v) is 7.08. The molecule has 0 aliphatic carbocycles. The van der Waals surface area contributed by atoms with Gasteiger partial charge in [-0.25, -0.2) is 13.1 Å². The molecule has 0 saturated heterocycles. The SMILES string of the molecule is CCNc1ccc(S(=O)(=O)NCCc2cccs2)cc1. The number of nitrogens with one attached hydrogen (secondary N) is 2. The van der Waals surface area contributed by atoms with Crippen LogP contribution in [-0.4, -0.2) is 21.5 Å². The molecule has 0 bridgehead atoms. The highest BCUT2D eigenvalue weighted by Gasteiger charge is 2.13. The summed E-state index contributed by atoms with van der Waals surface area (Å²) in [7, 11) is -3.42. The van der Waals surface area contributed by atoms with E-state index in [4.69, 9.17) is 0 Å². The number of anilines is 1. The minimum absolute atomic E-state index is 0.297. The molecule has 0 spiro atoms. The van der Waals surface area contributed by atoms with Crippen molar-refractivity contribution in [2.75, 3.05) is 18.4 Å².